The Morgan fingerprint density at radius 3 is 2.67 bits per heavy atom. The molecular weight excluding hydrogens is 145 g/mol. The molecule has 0 saturated heterocycles. The number of phosphoric acid groups is 1. The van der Waals surface area contributed by atoms with Gasteiger partial charge in [-0.1, -0.05) is 0 Å². The van der Waals surface area contributed by atoms with Crippen molar-refractivity contribution in [1.29, 1.82) is 0 Å². The van der Waals surface area contributed by atoms with Crippen molar-refractivity contribution in [1.82, 2.24) is 0 Å². The largest absolute Gasteiger partial charge is 0.469 e. The molecule has 0 bridgehead atoms. The van der Waals surface area contributed by atoms with E-state index in [1.807, 2.05) is 0 Å². The summed E-state index contributed by atoms with van der Waals surface area (Å²) < 4.78 is 55.2. The number of hydrogen-bond acceptors (Lipinski definition) is 3. The zero-order chi connectivity index (χ0) is 12.7. The van der Waals surface area contributed by atoms with E-state index < -0.39 is 27.3 Å². The van der Waals surface area contributed by atoms with Crippen LogP contribution in [-0.4, -0.2) is 22.8 Å². The third-order valence-corrected chi connectivity index (χ3v) is 0.617. The summed E-state index contributed by atoms with van der Waals surface area (Å²) in [5, 5.41) is 0. The zero-order valence-corrected chi connectivity index (χ0v) is 5.13. The highest BCUT2D eigenvalue weighted by atomic mass is 31.2. The van der Waals surface area contributed by atoms with Crippen LogP contribution in [0.5, 0.6) is 0 Å². The SMILES string of the molecule is [2H]C([2H])(N)C([2H])([2H])C([2H])([2H])OP(=O)(O)O. The van der Waals surface area contributed by atoms with E-state index in [0.29, 0.717) is 0 Å². The molecule has 9 heavy (non-hydrogen) atoms. The Morgan fingerprint density at radius 2 is 2.33 bits per heavy atom. The van der Waals surface area contributed by atoms with E-state index in [1.54, 1.807) is 0 Å². The summed E-state index contributed by atoms with van der Waals surface area (Å²) in [4.78, 5) is 16.6. The van der Waals surface area contributed by atoms with E-state index >= 15 is 0 Å². The molecule has 0 heterocycles. The Bertz CT molecular complexity index is 283. The van der Waals surface area contributed by atoms with Gasteiger partial charge in [0.2, 0.25) is 0 Å². The summed E-state index contributed by atoms with van der Waals surface area (Å²) in [5.74, 6) is 0. The molecule has 4 N–H and O–H groups in total. The highest BCUT2D eigenvalue weighted by Crippen LogP contribution is 2.35. The van der Waals surface area contributed by atoms with Crippen LogP contribution in [0, 0.1) is 0 Å². The summed E-state index contributed by atoms with van der Waals surface area (Å²) in [6, 6.07) is 0. The highest BCUT2D eigenvalue weighted by molar-refractivity contribution is 7.46. The predicted molar refractivity (Wildman–Crippen MR) is 31.7 cm³/mol. The lowest BCUT2D eigenvalue weighted by Crippen LogP contribution is -2.02. The fourth-order valence-corrected chi connectivity index (χ4v) is 0.276. The lowest BCUT2D eigenvalue weighted by Gasteiger charge is -2.02. The molecule has 0 atom stereocenters. The van der Waals surface area contributed by atoms with Crippen molar-refractivity contribution in [2.24, 2.45) is 5.73 Å². The Morgan fingerprint density at radius 1 is 1.78 bits per heavy atom. The van der Waals surface area contributed by atoms with Crippen LogP contribution in [0.3, 0.4) is 0 Å². The van der Waals surface area contributed by atoms with Crippen molar-refractivity contribution >= 4 is 7.82 Å². The van der Waals surface area contributed by atoms with Crippen molar-refractivity contribution < 1.29 is 27.1 Å². The Labute approximate surface area is 61.5 Å². The monoisotopic (exact) mass is 161 g/mol. The Hall–Kier alpha value is 0.0700. The van der Waals surface area contributed by atoms with Gasteiger partial charge in [0, 0.05) is 5.48 Å². The molecule has 56 valence electrons. The maximum absolute atomic E-state index is 10.3. The molecule has 0 saturated carbocycles. The van der Waals surface area contributed by atoms with Crippen molar-refractivity contribution in [2.45, 2.75) is 6.37 Å². The summed E-state index contributed by atoms with van der Waals surface area (Å²) in [7, 11) is -5.29. The minimum atomic E-state index is -5.29. The van der Waals surface area contributed by atoms with Gasteiger partial charge in [0.1, 0.15) is 0 Å². The Balaban J connectivity index is 5.12. The molecule has 0 spiro atoms. The molecule has 0 aliphatic heterocycles. The number of phosphoric ester groups is 1. The average molecular weight is 161 g/mol. The fraction of sp³-hybridized carbons (Fsp3) is 1.00. The quantitative estimate of drug-likeness (QED) is 0.481. The van der Waals surface area contributed by atoms with E-state index in [-0.39, 0.29) is 0 Å². The van der Waals surface area contributed by atoms with Crippen LogP contribution in [0.25, 0.3) is 0 Å². The van der Waals surface area contributed by atoms with E-state index in [1.165, 1.54) is 0 Å². The maximum atomic E-state index is 10.3. The molecule has 0 aromatic rings. The molecule has 5 nitrogen and oxygen atoms in total. The second kappa shape index (κ2) is 3.98. The Kier molecular flexibility index (Phi) is 1.32. The van der Waals surface area contributed by atoms with Gasteiger partial charge in [0.25, 0.3) is 0 Å². The third-order valence-electron chi connectivity index (χ3n) is 0.288. The summed E-state index contributed by atoms with van der Waals surface area (Å²) in [6.07, 6.45) is -3.43. The molecule has 0 rings (SSSR count). The first-order valence-corrected chi connectivity index (χ1v) is 3.29. The van der Waals surface area contributed by atoms with Crippen molar-refractivity contribution in [3.05, 3.63) is 0 Å². The summed E-state index contributed by atoms with van der Waals surface area (Å²) in [6.45, 7) is -6.73. The molecule has 0 aliphatic carbocycles. The van der Waals surface area contributed by atoms with Crippen molar-refractivity contribution in [2.75, 3.05) is 13.1 Å². The van der Waals surface area contributed by atoms with Crippen LogP contribution >= 0.6 is 7.82 Å². The predicted octanol–water partition coefficient (Wildman–Crippen LogP) is -0.555. The minimum absolute atomic E-state index is 3.16. The third kappa shape index (κ3) is 8.07. The second-order valence-electron chi connectivity index (χ2n) is 0.953. The van der Waals surface area contributed by atoms with E-state index in [9.17, 15) is 4.57 Å². The van der Waals surface area contributed by atoms with Gasteiger partial charge in [-0.25, -0.2) is 4.57 Å². The topological polar surface area (TPSA) is 92.8 Å². The summed E-state index contributed by atoms with van der Waals surface area (Å²) in [5.41, 5.74) is 4.70. The molecule has 0 aromatic carbocycles. The van der Waals surface area contributed by atoms with Crippen LogP contribution in [-0.2, 0) is 9.09 Å². The van der Waals surface area contributed by atoms with E-state index in [0.717, 1.165) is 0 Å². The number of rotatable bonds is 4. The van der Waals surface area contributed by atoms with Gasteiger partial charge in [0.05, 0.1) is 9.30 Å². The summed E-state index contributed by atoms with van der Waals surface area (Å²) >= 11 is 0. The van der Waals surface area contributed by atoms with E-state index in [2.05, 4.69) is 4.52 Å². The van der Waals surface area contributed by atoms with Gasteiger partial charge in [-0.2, -0.15) is 0 Å². The molecule has 0 fully saturated rings. The highest BCUT2D eigenvalue weighted by Gasteiger charge is 2.11. The van der Waals surface area contributed by atoms with Crippen LogP contribution in [0.4, 0.5) is 0 Å². The van der Waals surface area contributed by atoms with Gasteiger partial charge in [-0.05, 0) is 12.9 Å². The van der Waals surface area contributed by atoms with Crippen LogP contribution in [0.2, 0.25) is 0 Å². The zero-order valence-electron chi connectivity index (χ0n) is 10.2. The molecular formula is C3H10NO4P. The molecule has 0 radical (unpaired) electrons. The van der Waals surface area contributed by atoms with Gasteiger partial charge < -0.3 is 15.5 Å². The standard InChI is InChI=1S/C3H10NO4P/c4-2-1-3-8-9(5,6)7/h1-4H2,(H2,5,6,7)/i1D2,2D2,3D2. The van der Waals surface area contributed by atoms with Gasteiger partial charge in [-0.3, -0.25) is 4.52 Å². The normalized spacial score (nSPS) is 26.6. The smallest absolute Gasteiger partial charge is 0.330 e. The maximum Gasteiger partial charge on any atom is 0.469 e. The van der Waals surface area contributed by atoms with Crippen LogP contribution in [0.1, 0.15) is 14.6 Å². The van der Waals surface area contributed by atoms with Crippen molar-refractivity contribution in [3.63, 3.8) is 0 Å². The van der Waals surface area contributed by atoms with Gasteiger partial charge in [-0.15, -0.1) is 0 Å². The van der Waals surface area contributed by atoms with Crippen molar-refractivity contribution in [3.8, 4) is 0 Å². The molecule has 0 aromatic heterocycles. The van der Waals surface area contributed by atoms with E-state index in [4.69, 9.17) is 23.7 Å². The number of nitrogens with two attached hydrogens (primary N) is 1. The molecule has 0 amide bonds. The van der Waals surface area contributed by atoms with Crippen LogP contribution in [0.15, 0.2) is 0 Å². The average Bonchev–Trinajstić information content (AvgIpc) is 1.77. The fourth-order valence-electron chi connectivity index (χ4n) is 0.112. The molecule has 0 unspecified atom stereocenters. The lowest BCUT2D eigenvalue weighted by atomic mass is 10.5. The first-order valence-electron chi connectivity index (χ1n) is 4.76. The first kappa shape index (κ1) is 2.98. The lowest BCUT2D eigenvalue weighted by molar-refractivity contribution is 0.196. The van der Waals surface area contributed by atoms with Gasteiger partial charge >= 0.3 is 7.82 Å². The van der Waals surface area contributed by atoms with Gasteiger partial charge in [0.15, 0.2) is 0 Å². The molecule has 0 aliphatic rings. The minimum Gasteiger partial charge on any atom is -0.330 e. The molecule has 6 heteroatoms. The second-order valence-corrected chi connectivity index (χ2v) is 2.12. The first-order chi connectivity index (χ1) is 6.21. The number of hydrogen-bond donors (Lipinski definition) is 3. The van der Waals surface area contributed by atoms with Crippen LogP contribution < -0.4 is 5.73 Å².